The van der Waals surface area contributed by atoms with Gasteiger partial charge >= 0.3 is 0 Å². The zero-order valence-electron chi connectivity index (χ0n) is 14.9. The Labute approximate surface area is 160 Å². The summed E-state index contributed by atoms with van der Waals surface area (Å²) in [4.78, 5) is 4.43. The molecule has 1 heterocycles. The summed E-state index contributed by atoms with van der Waals surface area (Å²) in [7, 11) is -3.27. The second-order valence-corrected chi connectivity index (χ2v) is 8.18. The van der Waals surface area contributed by atoms with Crippen LogP contribution in [0.1, 0.15) is 11.1 Å². The van der Waals surface area contributed by atoms with Crippen molar-refractivity contribution in [2.75, 3.05) is 12.3 Å². The summed E-state index contributed by atoms with van der Waals surface area (Å²) in [5.41, 5.74) is 1.98. The Balaban J connectivity index is 1.52. The van der Waals surface area contributed by atoms with Gasteiger partial charge < -0.3 is 10.1 Å². The lowest BCUT2D eigenvalue weighted by atomic mass is 10.2. The van der Waals surface area contributed by atoms with E-state index in [1.165, 1.54) is 0 Å². The van der Waals surface area contributed by atoms with Crippen molar-refractivity contribution in [3.8, 4) is 5.75 Å². The molecule has 0 saturated heterocycles. The van der Waals surface area contributed by atoms with Crippen molar-refractivity contribution >= 4 is 9.84 Å². The minimum atomic E-state index is -3.27. The number of nitrogens with one attached hydrogen (secondary N) is 1. The molecule has 3 rings (SSSR count). The number of pyridine rings is 1. The number of nitrogens with zero attached hydrogens (tertiary/aromatic N) is 1. The van der Waals surface area contributed by atoms with E-state index in [9.17, 15) is 8.42 Å². The van der Waals surface area contributed by atoms with Crippen molar-refractivity contribution in [3.63, 3.8) is 0 Å². The molecule has 1 N–H and O–H groups in total. The number of hydrogen-bond donors (Lipinski definition) is 1. The van der Waals surface area contributed by atoms with Crippen molar-refractivity contribution in [2.45, 2.75) is 18.0 Å². The van der Waals surface area contributed by atoms with E-state index < -0.39 is 9.84 Å². The molecule has 0 aliphatic rings. The normalized spacial score (nSPS) is 11.3. The highest BCUT2D eigenvalue weighted by atomic mass is 32.2. The first kappa shape index (κ1) is 19.1. The monoisotopic (exact) mass is 382 g/mol. The minimum absolute atomic E-state index is 0.0513. The first-order valence-corrected chi connectivity index (χ1v) is 10.4. The van der Waals surface area contributed by atoms with Crippen LogP contribution in [0.4, 0.5) is 0 Å². The fraction of sp³-hybridized carbons (Fsp3) is 0.190. The largest absolute Gasteiger partial charge is 0.489 e. The second-order valence-electron chi connectivity index (χ2n) is 6.07. The van der Waals surface area contributed by atoms with Crippen molar-refractivity contribution in [1.29, 1.82) is 0 Å². The summed E-state index contributed by atoms with van der Waals surface area (Å²) in [5.74, 6) is 0.829. The van der Waals surface area contributed by atoms with Gasteiger partial charge in [-0.05, 0) is 24.3 Å². The van der Waals surface area contributed by atoms with Gasteiger partial charge in [0, 0.05) is 36.6 Å². The van der Waals surface area contributed by atoms with E-state index in [0.717, 1.165) is 16.9 Å². The van der Waals surface area contributed by atoms with Gasteiger partial charge in [0.05, 0.1) is 10.6 Å². The molecule has 5 nitrogen and oxygen atoms in total. The van der Waals surface area contributed by atoms with Gasteiger partial charge in [-0.25, -0.2) is 8.42 Å². The van der Waals surface area contributed by atoms with E-state index in [1.54, 1.807) is 42.7 Å². The van der Waals surface area contributed by atoms with Gasteiger partial charge in [0.15, 0.2) is 9.84 Å². The quantitative estimate of drug-likeness (QED) is 0.576. The molecule has 0 radical (unpaired) electrons. The molecule has 0 aliphatic carbocycles. The van der Waals surface area contributed by atoms with E-state index in [1.807, 2.05) is 36.4 Å². The summed E-state index contributed by atoms with van der Waals surface area (Å²) in [6.07, 6.45) is 3.50. The van der Waals surface area contributed by atoms with Crippen LogP contribution in [0.25, 0.3) is 0 Å². The Kier molecular flexibility index (Phi) is 6.57. The Morgan fingerprint density at radius 2 is 1.70 bits per heavy atom. The van der Waals surface area contributed by atoms with Crippen molar-refractivity contribution in [3.05, 3.63) is 90.3 Å². The highest BCUT2D eigenvalue weighted by molar-refractivity contribution is 7.91. The molecular weight excluding hydrogens is 360 g/mol. The third-order valence-electron chi connectivity index (χ3n) is 4.06. The molecule has 27 heavy (non-hydrogen) atoms. The van der Waals surface area contributed by atoms with E-state index >= 15 is 0 Å². The molecule has 0 aliphatic heterocycles. The molecule has 0 spiro atoms. The molecule has 0 unspecified atom stereocenters. The number of para-hydroxylation sites is 1. The summed E-state index contributed by atoms with van der Waals surface area (Å²) < 4.78 is 30.5. The number of rotatable bonds is 9. The molecule has 0 bridgehead atoms. The van der Waals surface area contributed by atoms with Gasteiger partial charge in [-0.1, -0.05) is 42.5 Å². The molecule has 1 aromatic heterocycles. The predicted octanol–water partition coefficient (Wildman–Crippen LogP) is 3.22. The molecule has 140 valence electrons. The van der Waals surface area contributed by atoms with E-state index in [-0.39, 0.29) is 5.75 Å². The maximum atomic E-state index is 12.3. The van der Waals surface area contributed by atoms with Gasteiger partial charge in [-0.2, -0.15) is 0 Å². The Bertz CT molecular complexity index is 945. The molecule has 3 aromatic rings. The Morgan fingerprint density at radius 1 is 0.926 bits per heavy atom. The van der Waals surface area contributed by atoms with Crippen molar-refractivity contribution < 1.29 is 13.2 Å². The van der Waals surface area contributed by atoms with Crippen molar-refractivity contribution in [1.82, 2.24) is 10.3 Å². The molecule has 0 saturated carbocycles. The topological polar surface area (TPSA) is 68.3 Å². The van der Waals surface area contributed by atoms with E-state index in [4.69, 9.17) is 4.74 Å². The highest BCUT2D eigenvalue weighted by Gasteiger charge is 2.13. The second kappa shape index (κ2) is 9.30. The predicted molar refractivity (Wildman–Crippen MR) is 105 cm³/mol. The molecule has 2 aromatic carbocycles. The average Bonchev–Trinajstić information content (AvgIpc) is 2.72. The molecule has 0 fully saturated rings. The molecule has 0 amide bonds. The maximum absolute atomic E-state index is 12.3. The van der Waals surface area contributed by atoms with Gasteiger partial charge in [0.1, 0.15) is 12.4 Å². The standard InChI is InChI=1S/C21H22N2O3S/c24-27(25,20-9-2-1-3-10-20)14-13-23-16-19-8-4-5-11-21(19)26-17-18-7-6-12-22-15-18/h1-12,15,23H,13-14,16-17H2. The van der Waals surface area contributed by atoms with Gasteiger partial charge in [0.2, 0.25) is 0 Å². The molecular formula is C21H22N2O3S. The maximum Gasteiger partial charge on any atom is 0.179 e. The number of benzene rings is 2. The zero-order valence-corrected chi connectivity index (χ0v) is 15.7. The number of hydrogen-bond acceptors (Lipinski definition) is 5. The molecule has 6 heteroatoms. The van der Waals surface area contributed by atoms with Crippen molar-refractivity contribution in [2.24, 2.45) is 0 Å². The van der Waals surface area contributed by atoms with Crippen LogP contribution in [0.2, 0.25) is 0 Å². The first-order chi connectivity index (χ1) is 13.1. The van der Waals surface area contributed by atoms with Gasteiger partial charge in [0.25, 0.3) is 0 Å². The van der Waals surface area contributed by atoms with Crippen LogP contribution >= 0.6 is 0 Å². The van der Waals surface area contributed by atoms with Gasteiger partial charge in [-0.3, -0.25) is 4.98 Å². The summed E-state index contributed by atoms with van der Waals surface area (Å²) in [5, 5.41) is 3.19. The third kappa shape index (κ3) is 5.64. The fourth-order valence-corrected chi connectivity index (χ4v) is 3.83. The number of sulfone groups is 1. The van der Waals surface area contributed by atoms with Gasteiger partial charge in [-0.15, -0.1) is 0 Å². The summed E-state index contributed by atoms with van der Waals surface area (Å²) in [6, 6.07) is 20.1. The van der Waals surface area contributed by atoms with Crippen LogP contribution in [-0.2, 0) is 23.0 Å². The van der Waals surface area contributed by atoms with Crippen LogP contribution in [0.5, 0.6) is 5.75 Å². The minimum Gasteiger partial charge on any atom is -0.489 e. The summed E-state index contributed by atoms with van der Waals surface area (Å²) in [6.45, 7) is 1.34. The highest BCUT2D eigenvalue weighted by Crippen LogP contribution is 2.19. The van der Waals surface area contributed by atoms with Crippen LogP contribution in [-0.4, -0.2) is 25.7 Å². The zero-order chi connectivity index (χ0) is 19.0. The number of ether oxygens (including phenoxy) is 1. The average molecular weight is 382 g/mol. The lowest BCUT2D eigenvalue weighted by Gasteiger charge is -2.12. The van der Waals surface area contributed by atoms with E-state index in [0.29, 0.717) is 24.6 Å². The Morgan fingerprint density at radius 3 is 2.48 bits per heavy atom. The third-order valence-corrected chi connectivity index (χ3v) is 5.79. The summed E-state index contributed by atoms with van der Waals surface area (Å²) >= 11 is 0. The molecule has 0 atom stereocenters. The van der Waals surface area contributed by atoms with E-state index in [2.05, 4.69) is 10.3 Å². The van der Waals surface area contributed by atoms with Crippen LogP contribution < -0.4 is 10.1 Å². The fourth-order valence-electron chi connectivity index (χ4n) is 2.61. The smallest absolute Gasteiger partial charge is 0.179 e. The van der Waals surface area contributed by atoms with Crippen LogP contribution in [0.3, 0.4) is 0 Å². The Hall–Kier alpha value is -2.70. The van der Waals surface area contributed by atoms with Crippen LogP contribution in [0, 0.1) is 0 Å². The number of aromatic nitrogens is 1. The first-order valence-electron chi connectivity index (χ1n) is 8.73. The lowest BCUT2D eigenvalue weighted by Crippen LogP contribution is -2.23. The van der Waals surface area contributed by atoms with Crippen LogP contribution in [0.15, 0.2) is 84.0 Å². The SMILES string of the molecule is O=S(=O)(CCNCc1ccccc1OCc1cccnc1)c1ccccc1. The lowest BCUT2D eigenvalue weighted by molar-refractivity contribution is 0.302.